The summed E-state index contributed by atoms with van der Waals surface area (Å²) in [4.78, 5) is 3.63. The second-order valence-corrected chi connectivity index (χ2v) is 9.83. The second kappa shape index (κ2) is 17.9. The van der Waals surface area contributed by atoms with Gasteiger partial charge in [-0.25, -0.2) is 9.55 Å². The molecule has 2 aromatic rings. The Morgan fingerprint density at radius 2 is 1.16 bits per heavy atom. The van der Waals surface area contributed by atoms with E-state index in [9.17, 15) is 0 Å². The van der Waals surface area contributed by atoms with Crippen molar-refractivity contribution >= 4 is 0 Å². The summed E-state index contributed by atoms with van der Waals surface area (Å²) >= 11 is 0. The maximum atomic E-state index is 3.63. The summed E-state index contributed by atoms with van der Waals surface area (Å²) in [5.41, 5.74) is 1.39. The zero-order chi connectivity index (χ0) is 22.7. The molecule has 0 fully saturated rings. The third-order valence-electron chi connectivity index (χ3n) is 6.94. The molecule has 0 saturated carbocycles. The zero-order valence-corrected chi connectivity index (χ0v) is 21.3. The molecule has 0 spiro atoms. The Bertz CT molecular complexity index is 660. The Morgan fingerprint density at radius 3 is 1.69 bits per heavy atom. The summed E-state index contributed by atoms with van der Waals surface area (Å²) in [6.45, 7) is 5.58. The van der Waals surface area contributed by atoms with Crippen LogP contribution in [0.25, 0.3) is 0 Å². The van der Waals surface area contributed by atoms with Gasteiger partial charge < -0.3 is 0 Å². The minimum absolute atomic E-state index is 0.671. The van der Waals surface area contributed by atoms with Gasteiger partial charge in [0.2, 0.25) is 0 Å². The number of nitrogens with one attached hydrogen (secondary N) is 1. The molecule has 180 valence electrons. The van der Waals surface area contributed by atoms with Crippen molar-refractivity contribution in [1.29, 1.82) is 0 Å². The van der Waals surface area contributed by atoms with Gasteiger partial charge in [-0.05, 0) is 18.4 Å². The van der Waals surface area contributed by atoms with Gasteiger partial charge in [-0.1, -0.05) is 140 Å². The second-order valence-electron chi connectivity index (χ2n) is 9.83. The maximum absolute atomic E-state index is 3.63. The third kappa shape index (κ3) is 11.3. The topological polar surface area (TPSA) is 19.7 Å². The molecule has 0 bridgehead atoms. The van der Waals surface area contributed by atoms with Crippen LogP contribution in [0.2, 0.25) is 0 Å². The van der Waals surface area contributed by atoms with Crippen LogP contribution < -0.4 is 4.57 Å². The number of H-pyrrole nitrogens is 1. The fourth-order valence-electron chi connectivity index (χ4n) is 4.94. The molecule has 0 aliphatic rings. The van der Waals surface area contributed by atoms with Crippen molar-refractivity contribution in [3.8, 4) is 0 Å². The highest BCUT2D eigenvalue weighted by atomic mass is 15.1. The smallest absolute Gasteiger partial charge is 0.247 e. The van der Waals surface area contributed by atoms with Crippen molar-refractivity contribution in [1.82, 2.24) is 4.98 Å². The van der Waals surface area contributed by atoms with Crippen LogP contribution in [0.3, 0.4) is 0 Å². The van der Waals surface area contributed by atoms with E-state index < -0.39 is 0 Å². The van der Waals surface area contributed by atoms with Gasteiger partial charge in [0.1, 0.15) is 18.9 Å². The number of unbranched alkanes of at least 4 members (excludes halogenated alkanes) is 13. The molecule has 0 saturated heterocycles. The summed E-state index contributed by atoms with van der Waals surface area (Å²) in [6, 6.07) is 10.9. The van der Waals surface area contributed by atoms with Crippen LogP contribution in [0.1, 0.15) is 140 Å². The minimum atomic E-state index is 0.671. The Balaban J connectivity index is 1.78. The summed E-state index contributed by atoms with van der Waals surface area (Å²) < 4.78 is 2.46. The molecule has 0 amide bonds. The number of benzene rings is 1. The first-order valence-electron chi connectivity index (χ1n) is 14.0. The minimum Gasteiger partial charge on any atom is -0.247 e. The van der Waals surface area contributed by atoms with Gasteiger partial charge >= 0.3 is 0 Å². The normalized spacial score (nSPS) is 12.3. The Kier molecular flexibility index (Phi) is 14.9. The molecule has 0 aliphatic heterocycles. The highest BCUT2D eigenvalue weighted by Crippen LogP contribution is 2.26. The molecule has 2 rings (SSSR count). The quantitative estimate of drug-likeness (QED) is 0.157. The van der Waals surface area contributed by atoms with Crippen LogP contribution in [0.5, 0.6) is 0 Å². The number of hydrogen-bond acceptors (Lipinski definition) is 0. The van der Waals surface area contributed by atoms with Crippen LogP contribution in [0.4, 0.5) is 0 Å². The van der Waals surface area contributed by atoms with Crippen LogP contribution in [-0.4, -0.2) is 4.98 Å². The van der Waals surface area contributed by atoms with E-state index in [2.05, 4.69) is 66.1 Å². The van der Waals surface area contributed by atoms with E-state index in [1.807, 2.05) is 0 Å². The average molecular weight is 440 g/mol. The molecule has 0 unspecified atom stereocenters. The zero-order valence-electron chi connectivity index (χ0n) is 21.3. The number of aromatic nitrogens is 2. The fourth-order valence-corrected chi connectivity index (χ4v) is 4.94. The number of rotatable bonds is 20. The number of nitrogens with zero attached hydrogens (tertiary/aromatic N) is 1. The highest BCUT2D eigenvalue weighted by molar-refractivity contribution is 5.13. The van der Waals surface area contributed by atoms with Crippen molar-refractivity contribution < 1.29 is 4.57 Å². The lowest BCUT2D eigenvalue weighted by molar-refractivity contribution is -0.695. The molecule has 1 N–H and O–H groups in total. The maximum Gasteiger partial charge on any atom is 0.257 e. The predicted octanol–water partition coefficient (Wildman–Crippen LogP) is 9.11. The average Bonchev–Trinajstić information content (AvgIpc) is 3.27. The number of imidazole rings is 1. The molecule has 0 radical (unpaired) electrons. The van der Waals surface area contributed by atoms with Crippen molar-refractivity contribution in [2.45, 2.75) is 135 Å². The first kappa shape index (κ1) is 26.7. The fraction of sp³-hybridized carbons (Fsp3) is 0.700. The van der Waals surface area contributed by atoms with Crippen LogP contribution in [-0.2, 0) is 6.54 Å². The van der Waals surface area contributed by atoms with E-state index in [0.717, 1.165) is 6.54 Å². The highest BCUT2D eigenvalue weighted by Gasteiger charge is 2.22. The van der Waals surface area contributed by atoms with Gasteiger partial charge in [0.25, 0.3) is 5.82 Å². The van der Waals surface area contributed by atoms with Gasteiger partial charge in [-0.15, -0.1) is 0 Å². The van der Waals surface area contributed by atoms with E-state index in [4.69, 9.17) is 0 Å². The van der Waals surface area contributed by atoms with Crippen LogP contribution in [0, 0.1) is 0 Å². The molecule has 2 nitrogen and oxygen atoms in total. The van der Waals surface area contributed by atoms with Gasteiger partial charge in [0.15, 0.2) is 0 Å². The summed E-state index contributed by atoms with van der Waals surface area (Å²) in [7, 11) is 0. The van der Waals surface area contributed by atoms with Crippen LogP contribution >= 0.6 is 0 Å². The monoisotopic (exact) mass is 439 g/mol. The molecule has 1 aromatic carbocycles. The van der Waals surface area contributed by atoms with Crippen LogP contribution in [0.15, 0.2) is 42.7 Å². The summed E-state index contributed by atoms with van der Waals surface area (Å²) in [5.74, 6) is 2.12. The van der Waals surface area contributed by atoms with E-state index in [1.165, 1.54) is 121 Å². The first-order valence-corrected chi connectivity index (χ1v) is 14.0. The van der Waals surface area contributed by atoms with E-state index in [-0.39, 0.29) is 0 Å². The molecule has 1 heterocycles. The largest absolute Gasteiger partial charge is 0.257 e. The van der Waals surface area contributed by atoms with Crippen molar-refractivity contribution in [3.63, 3.8) is 0 Å². The lowest BCUT2D eigenvalue weighted by Gasteiger charge is -2.14. The summed E-state index contributed by atoms with van der Waals surface area (Å²) in [5, 5.41) is 0. The van der Waals surface area contributed by atoms with Crippen molar-refractivity contribution in [3.05, 3.63) is 54.1 Å². The molecular weight excluding hydrogens is 388 g/mol. The Hall–Kier alpha value is -1.57. The number of aromatic amines is 1. The van der Waals surface area contributed by atoms with Crippen molar-refractivity contribution in [2.24, 2.45) is 0 Å². The number of hydrogen-bond donors (Lipinski definition) is 1. The first-order chi connectivity index (χ1) is 15.8. The molecule has 0 aliphatic carbocycles. The molecule has 1 atom stereocenters. The summed E-state index contributed by atoms with van der Waals surface area (Å²) in [6.07, 6.45) is 28.1. The lowest BCUT2D eigenvalue weighted by Crippen LogP contribution is -2.38. The Labute approximate surface area is 199 Å². The van der Waals surface area contributed by atoms with Crippen molar-refractivity contribution in [2.75, 3.05) is 0 Å². The SMILES string of the molecule is CCCCCCCCCCCC[C@H](CCCCCCC)c1[nH]cc[n+]1Cc1ccccc1. The molecule has 2 heteroatoms. The van der Waals surface area contributed by atoms with E-state index in [1.54, 1.807) is 0 Å². The lowest BCUT2D eigenvalue weighted by atomic mass is 9.93. The molecular formula is C30H51N2+. The Morgan fingerprint density at radius 1 is 0.656 bits per heavy atom. The van der Waals surface area contributed by atoms with Gasteiger partial charge in [-0.2, -0.15) is 0 Å². The van der Waals surface area contributed by atoms with Gasteiger partial charge in [0.05, 0.1) is 5.92 Å². The predicted molar refractivity (Wildman–Crippen MR) is 139 cm³/mol. The standard InChI is InChI=1S/C30H50N2/c1-3-5-7-9-10-11-12-13-15-20-24-29(23-19-14-8-6-4-2)30-31-25-26-32(30)27-28-21-17-16-18-22-28/h16-18,21-22,25-26,29H,3-15,19-20,23-24,27H2,1-2H3/p+1/t29-/m0/s1. The van der Waals surface area contributed by atoms with Gasteiger partial charge in [0, 0.05) is 0 Å². The van der Waals surface area contributed by atoms with E-state index in [0.29, 0.717) is 5.92 Å². The van der Waals surface area contributed by atoms with Gasteiger partial charge in [-0.3, -0.25) is 0 Å². The molecule has 32 heavy (non-hydrogen) atoms. The molecule has 1 aromatic heterocycles. The third-order valence-corrected chi connectivity index (χ3v) is 6.94. The van der Waals surface area contributed by atoms with E-state index >= 15 is 0 Å².